The highest BCUT2D eigenvalue weighted by Gasteiger charge is 2.13. The summed E-state index contributed by atoms with van der Waals surface area (Å²) in [4.78, 5) is 8.61. The number of aromatic nitrogens is 3. The number of hydrogen-bond donors (Lipinski definition) is 0. The number of methoxy groups -OCH3 is 1. The zero-order valence-electron chi connectivity index (χ0n) is 15.8. The maximum atomic E-state index is 5.38. The first-order valence-electron chi connectivity index (χ1n) is 9.20. The molecule has 4 nitrogen and oxygen atoms in total. The third kappa shape index (κ3) is 2.54. The van der Waals surface area contributed by atoms with E-state index in [0.717, 1.165) is 38.8 Å². The first kappa shape index (κ1) is 16.5. The normalized spacial score (nSPS) is 11.2. The number of pyridine rings is 2. The molecule has 0 saturated heterocycles. The third-order valence-electron chi connectivity index (χ3n) is 5.22. The van der Waals surface area contributed by atoms with Crippen molar-refractivity contribution in [2.75, 3.05) is 7.11 Å². The second kappa shape index (κ2) is 6.50. The fourth-order valence-electron chi connectivity index (χ4n) is 3.89. The molecular formula is C24H19N3O. The van der Waals surface area contributed by atoms with Crippen LogP contribution >= 0.6 is 0 Å². The van der Waals surface area contributed by atoms with Crippen molar-refractivity contribution in [2.45, 2.75) is 6.92 Å². The number of ether oxygens (including phenoxy) is 1. The SMILES string of the molecule is COc1cccc(-c2ccc(-n3c4ccncc4c4cnccc43)cc2C)c1. The van der Waals surface area contributed by atoms with Gasteiger partial charge in [0.05, 0.1) is 18.1 Å². The molecule has 2 aromatic carbocycles. The molecule has 0 saturated carbocycles. The molecule has 0 bridgehead atoms. The van der Waals surface area contributed by atoms with E-state index in [1.54, 1.807) is 7.11 Å². The molecule has 0 radical (unpaired) electrons. The molecule has 3 aromatic heterocycles. The van der Waals surface area contributed by atoms with Crippen molar-refractivity contribution in [3.05, 3.63) is 84.9 Å². The predicted octanol–water partition coefficient (Wildman–Crippen LogP) is 5.56. The highest BCUT2D eigenvalue weighted by atomic mass is 16.5. The topological polar surface area (TPSA) is 39.9 Å². The summed E-state index contributed by atoms with van der Waals surface area (Å²) in [6.07, 6.45) is 7.49. The molecule has 5 rings (SSSR count). The molecule has 0 amide bonds. The number of aryl methyl sites for hydroxylation is 1. The summed E-state index contributed by atoms with van der Waals surface area (Å²) >= 11 is 0. The molecule has 5 aromatic rings. The summed E-state index contributed by atoms with van der Waals surface area (Å²) in [5.74, 6) is 0.864. The van der Waals surface area contributed by atoms with Gasteiger partial charge in [0.1, 0.15) is 5.75 Å². The van der Waals surface area contributed by atoms with Crippen LogP contribution in [0.2, 0.25) is 0 Å². The highest BCUT2D eigenvalue weighted by Crippen LogP contribution is 2.33. The Balaban J connectivity index is 1.71. The van der Waals surface area contributed by atoms with Crippen LogP contribution in [-0.4, -0.2) is 21.6 Å². The number of hydrogen-bond acceptors (Lipinski definition) is 3. The fourth-order valence-corrected chi connectivity index (χ4v) is 3.89. The van der Waals surface area contributed by atoms with Gasteiger partial charge in [-0.2, -0.15) is 0 Å². The monoisotopic (exact) mass is 365 g/mol. The first-order chi connectivity index (χ1) is 13.8. The van der Waals surface area contributed by atoms with Crippen LogP contribution in [0.1, 0.15) is 5.56 Å². The van der Waals surface area contributed by atoms with E-state index >= 15 is 0 Å². The van der Waals surface area contributed by atoms with Gasteiger partial charge in [0, 0.05) is 41.2 Å². The van der Waals surface area contributed by atoms with Crippen molar-refractivity contribution in [1.82, 2.24) is 14.5 Å². The molecule has 0 fully saturated rings. The van der Waals surface area contributed by atoms with E-state index in [1.165, 1.54) is 11.1 Å². The summed E-state index contributed by atoms with van der Waals surface area (Å²) in [5, 5.41) is 2.22. The van der Waals surface area contributed by atoms with Crippen molar-refractivity contribution < 1.29 is 4.74 Å². The zero-order valence-corrected chi connectivity index (χ0v) is 15.8. The third-order valence-corrected chi connectivity index (χ3v) is 5.22. The largest absolute Gasteiger partial charge is 0.497 e. The Morgan fingerprint density at radius 2 is 1.54 bits per heavy atom. The van der Waals surface area contributed by atoms with Crippen molar-refractivity contribution in [2.24, 2.45) is 0 Å². The van der Waals surface area contributed by atoms with Crippen LogP contribution in [0.3, 0.4) is 0 Å². The molecule has 0 unspecified atom stereocenters. The lowest BCUT2D eigenvalue weighted by atomic mass is 9.99. The van der Waals surface area contributed by atoms with Crippen LogP contribution in [0.15, 0.2) is 79.4 Å². The Labute approximate surface area is 163 Å². The molecule has 0 aliphatic rings. The van der Waals surface area contributed by atoms with Crippen LogP contribution in [-0.2, 0) is 0 Å². The van der Waals surface area contributed by atoms with Gasteiger partial charge in [-0.1, -0.05) is 18.2 Å². The van der Waals surface area contributed by atoms with Crippen LogP contribution in [0, 0.1) is 6.92 Å². The molecule has 0 aliphatic carbocycles. The molecule has 0 aliphatic heterocycles. The van der Waals surface area contributed by atoms with Crippen LogP contribution in [0.25, 0.3) is 38.6 Å². The minimum Gasteiger partial charge on any atom is -0.497 e. The van der Waals surface area contributed by atoms with E-state index < -0.39 is 0 Å². The number of benzene rings is 2. The van der Waals surface area contributed by atoms with Gasteiger partial charge in [-0.25, -0.2) is 0 Å². The van der Waals surface area contributed by atoms with Gasteiger partial charge < -0.3 is 9.30 Å². The molecule has 0 N–H and O–H groups in total. The zero-order chi connectivity index (χ0) is 19.1. The molecule has 136 valence electrons. The first-order valence-corrected chi connectivity index (χ1v) is 9.20. The fraction of sp³-hybridized carbons (Fsp3) is 0.0833. The van der Waals surface area contributed by atoms with E-state index in [9.17, 15) is 0 Å². The Bertz CT molecular complexity index is 1270. The summed E-state index contributed by atoms with van der Waals surface area (Å²) in [6.45, 7) is 2.15. The van der Waals surface area contributed by atoms with Crippen LogP contribution in [0.5, 0.6) is 5.75 Å². The minimum atomic E-state index is 0.864. The lowest BCUT2D eigenvalue weighted by Gasteiger charge is -2.12. The maximum Gasteiger partial charge on any atom is 0.119 e. The van der Waals surface area contributed by atoms with E-state index in [-0.39, 0.29) is 0 Å². The van der Waals surface area contributed by atoms with Gasteiger partial charge >= 0.3 is 0 Å². The van der Waals surface area contributed by atoms with E-state index in [4.69, 9.17) is 4.74 Å². The standard InChI is InChI=1S/C24H19N3O/c1-16-12-18(6-7-20(16)17-4-3-5-19(13-17)28-2)27-23-8-10-25-14-21(23)22-15-26-11-9-24(22)27/h3-15H,1-2H3. The van der Waals surface area contributed by atoms with Gasteiger partial charge in [0.15, 0.2) is 0 Å². The average molecular weight is 365 g/mol. The molecule has 4 heteroatoms. The van der Waals surface area contributed by atoms with E-state index in [1.807, 2.05) is 36.9 Å². The molecule has 28 heavy (non-hydrogen) atoms. The van der Waals surface area contributed by atoms with Crippen molar-refractivity contribution >= 4 is 21.8 Å². The highest BCUT2D eigenvalue weighted by molar-refractivity contribution is 6.08. The summed E-state index contributed by atoms with van der Waals surface area (Å²) in [6, 6.07) is 18.9. The predicted molar refractivity (Wildman–Crippen MR) is 113 cm³/mol. The van der Waals surface area contributed by atoms with Crippen molar-refractivity contribution in [3.63, 3.8) is 0 Å². The van der Waals surface area contributed by atoms with Crippen molar-refractivity contribution in [1.29, 1.82) is 0 Å². The molecule has 0 spiro atoms. The molecule has 0 atom stereocenters. The lowest BCUT2D eigenvalue weighted by molar-refractivity contribution is 0.415. The van der Waals surface area contributed by atoms with E-state index in [0.29, 0.717) is 0 Å². The van der Waals surface area contributed by atoms with Gasteiger partial charge in [0.25, 0.3) is 0 Å². The summed E-state index contributed by atoms with van der Waals surface area (Å²) in [7, 11) is 1.70. The Hall–Kier alpha value is -3.66. The number of nitrogens with zero attached hydrogens (tertiary/aromatic N) is 3. The van der Waals surface area contributed by atoms with Crippen LogP contribution < -0.4 is 4.74 Å². The Morgan fingerprint density at radius 1 is 0.821 bits per heavy atom. The quantitative estimate of drug-likeness (QED) is 0.420. The summed E-state index contributed by atoms with van der Waals surface area (Å²) in [5.41, 5.74) is 6.95. The van der Waals surface area contributed by atoms with Gasteiger partial charge in [-0.15, -0.1) is 0 Å². The summed E-state index contributed by atoms with van der Waals surface area (Å²) < 4.78 is 7.65. The number of fused-ring (bicyclic) bond motifs is 3. The Kier molecular flexibility index (Phi) is 3.83. The van der Waals surface area contributed by atoms with Gasteiger partial charge in [0.2, 0.25) is 0 Å². The van der Waals surface area contributed by atoms with Gasteiger partial charge in [-0.3, -0.25) is 9.97 Å². The van der Waals surface area contributed by atoms with Crippen LogP contribution in [0.4, 0.5) is 0 Å². The lowest BCUT2D eigenvalue weighted by Crippen LogP contribution is -1.96. The molecular weight excluding hydrogens is 346 g/mol. The van der Waals surface area contributed by atoms with E-state index in [2.05, 4.69) is 63.9 Å². The smallest absolute Gasteiger partial charge is 0.119 e. The number of rotatable bonds is 3. The second-order valence-corrected chi connectivity index (χ2v) is 6.85. The minimum absolute atomic E-state index is 0.864. The molecule has 3 heterocycles. The van der Waals surface area contributed by atoms with Gasteiger partial charge in [-0.05, 0) is 60.0 Å². The second-order valence-electron chi connectivity index (χ2n) is 6.85. The van der Waals surface area contributed by atoms with Crippen molar-refractivity contribution in [3.8, 4) is 22.6 Å². The Morgan fingerprint density at radius 3 is 2.18 bits per heavy atom. The maximum absolute atomic E-state index is 5.38. The average Bonchev–Trinajstić information content (AvgIpc) is 3.08.